The van der Waals surface area contributed by atoms with Crippen LogP contribution in [-0.4, -0.2) is 60.9 Å². The van der Waals surface area contributed by atoms with Crippen LogP contribution in [0.2, 0.25) is 0 Å². The highest BCUT2D eigenvalue weighted by molar-refractivity contribution is 6.45. The van der Waals surface area contributed by atoms with Crippen LogP contribution in [0, 0.1) is 13.8 Å². The number of anilines is 1. The third-order valence-corrected chi connectivity index (χ3v) is 6.38. The zero-order valence-corrected chi connectivity index (χ0v) is 19.4. The lowest BCUT2D eigenvalue weighted by molar-refractivity contribution is -0.120. The van der Waals surface area contributed by atoms with Crippen molar-refractivity contribution in [1.82, 2.24) is 9.80 Å². The molecule has 2 aromatic carbocycles. The lowest BCUT2D eigenvalue weighted by Gasteiger charge is -2.36. The molecule has 0 aromatic heterocycles. The molecule has 0 atom stereocenters. The lowest BCUT2D eigenvalue weighted by Crippen LogP contribution is -2.47. The van der Waals surface area contributed by atoms with Gasteiger partial charge in [-0.3, -0.25) is 9.59 Å². The number of likely N-dealkylation sites (N-methyl/N-ethyl adjacent to an activating group) is 1. The highest BCUT2D eigenvalue weighted by Crippen LogP contribution is 2.36. The Kier molecular flexibility index (Phi) is 6.33. The number of imide groups is 1. The number of carbonyl (C=O) groups is 2. The molecule has 2 amide bonds. The first-order chi connectivity index (χ1) is 15.4. The van der Waals surface area contributed by atoms with Gasteiger partial charge in [0.05, 0.1) is 17.9 Å². The first-order valence-electron chi connectivity index (χ1n) is 11.4. The zero-order chi connectivity index (χ0) is 22.8. The largest absolute Gasteiger partial charge is 0.494 e. The summed E-state index contributed by atoms with van der Waals surface area (Å²) in [6.45, 7) is 12.8. The van der Waals surface area contributed by atoms with Crippen LogP contribution in [0.5, 0.6) is 5.75 Å². The van der Waals surface area contributed by atoms with Gasteiger partial charge in [0.15, 0.2) is 0 Å². The van der Waals surface area contributed by atoms with Crippen molar-refractivity contribution in [3.63, 3.8) is 0 Å². The van der Waals surface area contributed by atoms with Crippen molar-refractivity contribution in [2.75, 3.05) is 44.2 Å². The maximum absolute atomic E-state index is 13.7. The number of hydrogen-bond donors (Lipinski definition) is 0. The first kappa shape index (κ1) is 22.1. The van der Waals surface area contributed by atoms with Gasteiger partial charge in [0.25, 0.3) is 11.8 Å². The molecule has 6 heteroatoms. The monoisotopic (exact) mass is 433 g/mol. The summed E-state index contributed by atoms with van der Waals surface area (Å²) >= 11 is 0. The SMILES string of the molecule is CCOc1cccc(N2C(=O)C(c3ccc(C)c(C)c3)=C(N3CCN(CC)CC3)C2=O)c1. The Morgan fingerprint density at radius 3 is 2.28 bits per heavy atom. The Balaban J connectivity index is 1.78. The third-order valence-electron chi connectivity index (χ3n) is 6.38. The number of aryl methyl sites for hydroxylation is 2. The molecule has 1 saturated heterocycles. The van der Waals surface area contributed by atoms with E-state index >= 15 is 0 Å². The summed E-state index contributed by atoms with van der Waals surface area (Å²) in [6, 6.07) is 13.2. The second-order valence-corrected chi connectivity index (χ2v) is 8.32. The lowest BCUT2D eigenvalue weighted by atomic mass is 9.99. The Labute approximate surface area is 190 Å². The summed E-state index contributed by atoms with van der Waals surface area (Å²) < 4.78 is 5.61. The Hall–Kier alpha value is -3.12. The number of nitrogens with zero attached hydrogens (tertiary/aromatic N) is 3. The molecule has 0 spiro atoms. The Morgan fingerprint density at radius 2 is 1.62 bits per heavy atom. The fraction of sp³-hybridized carbons (Fsp3) is 0.385. The van der Waals surface area contributed by atoms with E-state index in [2.05, 4.69) is 16.7 Å². The van der Waals surface area contributed by atoms with Crippen LogP contribution in [0.15, 0.2) is 48.2 Å². The number of amides is 2. The molecule has 2 aliphatic rings. The van der Waals surface area contributed by atoms with Crippen LogP contribution in [0.3, 0.4) is 0 Å². The minimum atomic E-state index is -0.278. The summed E-state index contributed by atoms with van der Waals surface area (Å²) in [5, 5.41) is 0. The average molecular weight is 434 g/mol. The molecule has 2 aliphatic heterocycles. The number of carbonyl (C=O) groups excluding carboxylic acids is 2. The molecule has 1 fully saturated rings. The van der Waals surface area contributed by atoms with Crippen LogP contribution >= 0.6 is 0 Å². The molecule has 32 heavy (non-hydrogen) atoms. The van der Waals surface area contributed by atoms with E-state index in [0.717, 1.165) is 49.4 Å². The van der Waals surface area contributed by atoms with Crippen molar-refractivity contribution >= 4 is 23.1 Å². The quantitative estimate of drug-likeness (QED) is 0.652. The van der Waals surface area contributed by atoms with Crippen molar-refractivity contribution in [2.45, 2.75) is 27.7 Å². The van der Waals surface area contributed by atoms with Crippen LogP contribution in [-0.2, 0) is 9.59 Å². The van der Waals surface area contributed by atoms with Gasteiger partial charge in [-0.05, 0) is 56.1 Å². The van der Waals surface area contributed by atoms with Gasteiger partial charge in [0.2, 0.25) is 0 Å². The maximum Gasteiger partial charge on any atom is 0.282 e. The molecular formula is C26H31N3O3. The third kappa shape index (κ3) is 4.02. The number of benzene rings is 2. The molecular weight excluding hydrogens is 402 g/mol. The van der Waals surface area contributed by atoms with Gasteiger partial charge in [-0.2, -0.15) is 0 Å². The van der Waals surface area contributed by atoms with E-state index in [0.29, 0.717) is 29.3 Å². The highest BCUT2D eigenvalue weighted by Gasteiger charge is 2.43. The van der Waals surface area contributed by atoms with E-state index in [4.69, 9.17) is 4.74 Å². The Bertz CT molecular complexity index is 1070. The predicted molar refractivity (Wildman–Crippen MR) is 127 cm³/mol. The molecule has 2 heterocycles. The van der Waals surface area contributed by atoms with Gasteiger partial charge in [-0.1, -0.05) is 31.2 Å². The zero-order valence-electron chi connectivity index (χ0n) is 19.4. The Morgan fingerprint density at radius 1 is 0.875 bits per heavy atom. The summed E-state index contributed by atoms with van der Waals surface area (Å²) in [7, 11) is 0. The summed E-state index contributed by atoms with van der Waals surface area (Å²) in [5.41, 5.74) is 4.59. The van der Waals surface area contributed by atoms with Crippen LogP contribution in [0.1, 0.15) is 30.5 Å². The summed E-state index contributed by atoms with van der Waals surface area (Å²) in [6.07, 6.45) is 0. The van der Waals surface area contributed by atoms with E-state index in [-0.39, 0.29) is 11.8 Å². The van der Waals surface area contributed by atoms with Gasteiger partial charge >= 0.3 is 0 Å². The van der Waals surface area contributed by atoms with Gasteiger partial charge in [0, 0.05) is 32.2 Å². The van der Waals surface area contributed by atoms with Gasteiger partial charge in [-0.15, -0.1) is 0 Å². The molecule has 168 valence electrons. The second kappa shape index (κ2) is 9.17. The molecule has 0 saturated carbocycles. The van der Waals surface area contributed by atoms with E-state index < -0.39 is 0 Å². The molecule has 6 nitrogen and oxygen atoms in total. The molecule has 0 unspecified atom stereocenters. The molecule has 4 rings (SSSR count). The standard InChI is InChI=1S/C26H31N3O3/c1-5-27-12-14-28(15-13-27)24-23(20-11-10-18(3)19(4)16-20)25(30)29(26(24)31)21-8-7-9-22(17-21)32-6-2/h7-11,16-17H,5-6,12-15H2,1-4H3. The molecule has 0 aliphatic carbocycles. The molecule has 0 radical (unpaired) electrons. The summed E-state index contributed by atoms with van der Waals surface area (Å²) in [4.78, 5) is 33.2. The number of piperazine rings is 1. The molecule has 0 N–H and O–H groups in total. The van der Waals surface area contributed by atoms with Crippen LogP contribution in [0.4, 0.5) is 5.69 Å². The number of hydrogen-bond acceptors (Lipinski definition) is 5. The minimum Gasteiger partial charge on any atom is -0.494 e. The second-order valence-electron chi connectivity index (χ2n) is 8.32. The first-order valence-corrected chi connectivity index (χ1v) is 11.4. The predicted octanol–water partition coefficient (Wildman–Crippen LogP) is 3.62. The average Bonchev–Trinajstić information content (AvgIpc) is 3.06. The number of ether oxygens (including phenoxy) is 1. The molecule has 2 aromatic rings. The van der Waals surface area contributed by atoms with E-state index in [1.165, 1.54) is 4.90 Å². The number of rotatable bonds is 6. The van der Waals surface area contributed by atoms with Gasteiger partial charge < -0.3 is 14.5 Å². The topological polar surface area (TPSA) is 53.1 Å². The van der Waals surface area contributed by atoms with Crippen molar-refractivity contribution in [3.05, 3.63) is 64.9 Å². The normalized spacial score (nSPS) is 17.5. The van der Waals surface area contributed by atoms with Crippen LogP contribution in [0.25, 0.3) is 5.57 Å². The van der Waals surface area contributed by atoms with E-state index in [1.54, 1.807) is 12.1 Å². The maximum atomic E-state index is 13.7. The van der Waals surface area contributed by atoms with E-state index in [9.17, 15) is 9.59 Å². The molecule has 0 bridgehead atoms. The smallest absolute Gasteiger partial charge is 0.282 e. The minimum absolute atomic E-state index is 0.262. The van der Waals surface area contributed by atoms with Crippen molar-refractivity contribution < 1.29 is 14.3 Å². The van der Waals surface area contributed by atoms with E-state index in [1.807, 2.05) is 51.1 Å². The van der Waals surface area contributed by atoms with Gasteiger partial charge in [0.1, 0.15) is 11.4 Å². The van der Waals surface area contributed by atoms with Crippen molar-refractivity contribution in [3.8, 4) is 5.75 Å². The van der Waals surface area contributed by atoms with Crippen molar-refractivity contribution in [1.29, 1.82) is 0 Å². The summed E-state index contributed by atoms with van der Waals surface area (Å²) in [5.74, 6) is 0.102. The fourth-order valence-corrected chi connectivity index (χ4v) is 4.37. The van der Waals surface area contributed by atoms with Crippen molar-refractivity contribution in [2.24, 2.45) is 0 Å². The highest BCUT2D eigenvalue weighted by atomic mass is 16.5. The fourth-order valence-electron chi connectivity index (χ4n) is 4.37. The van der Waals surface area contributed by atoms with Crippen LogP contribution < -0.4 is 9.64 Å². The van der Waals surface area contributed by atoms with Gasteiger partial charge in [-0.25, -0.2) is 4.90 Å².